The van der Waals surface area contributed by atoms with Crippen LogP contribution in [0.5, 0.6) is 11.6 Å². The number of fused-ring (bicyclic) bond motifs is 1. The molecule has 0 amide bonds. The maximum atomic E-state index is 11.3. The van der Waals surface area contributed by atoms with Crippen molar-refractivity contribution in [3.05, 3.63) is 79.0 Å². The molecule has 0 aliphatic rings. The highest BCUT2D eigenvalue weighted by atomic mass is 16.6. The van der Waals surface area contributed by atoms with Crippen LogP contribution in [-0.4, -0.2) is 19.8 Å². The zero-order valence-electron chi connectivity index (χ0n) is 12.8. The molecular weight excluding hydrogens is 348 g/mol. The van der Waals surface area contributed by atoms with Crippen LogP contribution in [0.3, 0.4) is 0 Å². The second-order valence-electron chi connectivity index (χ2n) is 5.02. The van der Waals surface area contributed by atoms with Crippen molar-refractivity contribution in [3.8, 4) is 11.6 Å². The quantitative estimate of drug-likeness (QED) is 0.495. The van der Waals surface area contributed by atoms with Crippen LogP contribution in [0.25, 0.3) is 10.8 Å². The third-order valence-electron chi connectivity index (χ3n) is 3.47. The molecule has 26 heavy (non-hydrogen) atoms. The first-order valence-corrected chi connectivity index (χ1v) is 7.01. The number of nitrogens with zero attached hydrogens (tertiary/aromatic N) is 4. The molecule has 0 aliphatic carbocycles. The van der Waals surface area contributed by atoms with Crippen LogP contribution in [0.4, 0.5) is 17.1 Å². The van der Waals surface area contributed by atoms with Gasteiger partial charge in [0.15, 0.2) is 0 Å². The molecule has 11 nitrogen and oxygen atoms in total. The summed E-state index contributed by atoms with van der Waals surface area (Å²) in [4.78, 5) is 34.5. The highest BCUT2D eigenvalue weighted by molar-refractivity contribution is 5.87. The van der Waals surface area contributed by atoms with Gasteiger partial charge in [-0.25, -0.2) is 4.98 Å². The minimum absolute atomic E-state index is 0.0943. The molecule has 3 rings (SSSR count). The van der Waals surface area contributed by atoms with Crippen molar-refractivity contribution >= 4 is 27.8 Å². The Morgan fingerprint density at radius 1 is 0.846 bits per heavy atom. The monoisotopic (exact) mass is 356 g/mol. The highest BCUT2D eigenvalue weighted by Gasteiger charge is 2.33. The van der Waals surface area contributed by atoms with Gasteiger partial charge in [-0.05, 0) is 17.5 Å². The minimum atomic E-state index is -0.986. The molecule has 0 aliphatic heterocycles. The number of rotatable bonds is 5. The van der Waals surface area contributed by atoms with Gasteiger partial charge >= 0.3 is 11.4 Å². The standard InChI is InChI=1S/C15H8N4O7/c20-17(21)10-7-12(18(22)23)14(13(8-10)19(24)25)26-15-11-4-2-1-3-9(11)5-6-16-15/h1-8H. The fourth-order valence-corrected chi connectivity index (χ4v) is 2.34. The minimum Gasteiger partial charge on any atom is -0.424 e. The average Bonchev–Trinajstić information content (AvgIpc) is 2.61. The SMILES string of the molecule is O=[N+]([O-])c1cc([N+](=O)[O-])c(Oc2nccc3ccccc23)c([N+](=O)[O-])c1. The third kappa shape index (κ3) is 2.96. The van der Waals surface area contributed by atoms with Gasteiger partial charge in [-0.15, -0.1) is 0 Å². The Hall–Kier alpha value is -4.15. The summed E-state index contributed by atoms with van der Waals surface area (Å²) in [6.45, 7) is 0. The molecule has 0 bridgehead atoms. The Bertz CT molecular complexity index is 1030. The van der Waals surface area contributed by atoms with E-state index in [4.69, 9.17) is 4.74 Å². The van der Waals surface area contributed by atoms with E-state index < -0.39 is 37.6 Å². The average molecular weight is 356 g/mol. The summed E-state index contributed by atoms with van der Waals surface area (Å²) in [6.07, 6.45) is 1.38. The summed E-state index contributed by atoms with van der Waals surface area (Å²) in [5.74, 6) is -0.822. The molecule has 1 aromatic heterocycles. The molecule has 0 saturated carbocycles. The normalized spacial score (nSPS) is 10.5. The number of pyridine rings is 1. The number of nitro groups is 3. The van der Waals surface area contributed by atoms with Crippen molar-refractivity contribution < 1.29 is 19.5 Å². The fourth-order valence-electron chi connectivity index (χ4n) is 2.34. The van der Waals surface area contributed by atoms with Crippen molar-refractivity contribution in [1.82, 2.24) is 4.98 Å². The second-order valence-corrected chi connectivity index (χ2v) is 5.02. The number of hydrogen-bond donors (Lipinski definition) is 0. The zero-order valence-corrected chi connectivity index (χ0v) is 12.8. The number of nitro benzene ring substituents is 3. The van der Waals surface area contributed by atoms with Crippen LogP contribution in [0.15, 0.2) is 48.7 Å². The Labute approximate surface area is 143 Å². The summed E-state index contributed by atoms with van der Waals surface area (Å²) in [7, 11) is 0. The lowest BCUT2D eigenvalue weighted by atomic mass is 10.2. The summed E-state index contributed by atoms with van der Waals surface area (Å²) >= 11 is 0. The molecule has 1 heterocycles. The van der Waals surface area contributed by atoms with Crippen LogP contribution >= 0.6 is 0 Å². The van der Waals surface area contributed by atoms with E-state index in [-0.39, 0.29) is 5.88 Å². The highest BCUT2D eigenvalue weighted by Crippen LogP contribution is 2.43. The van der Waals surface area contributed by atoms with E-state index in [9.17, 15) is 30.3 Å². The first-order valence-electron chi connectivity index (χ1n) is 7.01. The van der Waals surface area contributed by atoms with Gasteiger partial charge in [0.05, 0.1) is 26.9 Å². The number of hydrogen-bond acceptors (Lipinski definition) is 8. The summed E-state index contributed by atoms with van der Waals surface area (Å²) in [6, 6.07) is 9.67. The van der Waals surface area contributed by atoms with Crippen LogP contribution in [0.1, 0.15) is 0 Å². The van der Waals surface area contributed by atoms with Gasteiger partial charge in [-0.3, -0.25) is 30.3 Å². The van der Waals surface area contributed by atoms with Crippen molar-refractivity contribution in [2.24, 2.45) is 0 Å². The molecule has 0 N–H and O–H groups in total. The summed E-state index contributed by atoms with van der Waals surface area (Å²) in [5, 5.41) is 34.6. The Morgan fingerprint density at radius 3 is 2.04 bits per heavy atom. The molecule has 130 valence electrons. The van der Waals surface area contributed by atoms with Crippen LogP contribution in [-0.2, 0) is 0 Å². The Kier molecular flexibility index (Phi) is 4.11. The maximum absolute atomic E-state index is 11.3. The van der Waals surface area contributed by atoms with E-state index in [2.05, 4.69) is 4.98 Å². The van der Waals surface area contributed by atoms with Crippen LogP contribution in [0.2, 0.25) is 0 Å². The van der Waals surface area contributed by atoms with Gasteiger partial charge in [0, 0.05) is 11.6 Å². The lowest BCUT2D eigenvalue weighted by Gasteiger charge is -2.08. The smallest absolute Gasteiger partial charge is 0.325 e. The van der Waals surface area contributed by atoms with Gasteiger partial charge in [0.25, 0.3) is 11.4 Å². The largest absolute Gasteiger partial charge is 0.424 e. The Balaban J connectivity index is 2.24. The van der Waals surface area contributed by atoms with E-state index in [1.165, 1.54) is 6.20 Å². The first kappa shape index (κ1) is 16.7. The molecule has 11 heteroatoms. The van der Waals surface area contributed by atoms with Crippen LogP contribution < -0.4 is 4.74 Å². The number of non-ortho nitro benzene ring substituents is 1. The molecule has 0 radical (unpaired) electrons. The number of benzene rings is 2. The fraction of sp³-hybridized carbons (Fsp3) is 0. The van der Waals surface area contributed by atoms with Gasteiger partial charge in [0.1, 0.15) is 0 Å². The van der Waals surface area contributed by atoms with Crippen molar-refractivity contribution in [2.45, 2.75) is 0 Å². The van der Waals surface area contributed by atoms with E-state index in [0.29, 0.717) is 22.9 Å². The molecule has 0 atom stereocenters. The van der Waals surface area contributed by atoms with E-state index in [0.717, 1.165) is 0 Å². The summed E-state index contributed by atoms with van der Waals surface area (Å²) < 4.78 is 5.39. The van der Waals surface area contributed by atoms with Crippen molar-refractivity contribution in [2.75, 3.05) is 0 Å². The van der Waals surface area contributed by atoms with Crippen molar-refractivity contribution in [1.29, 1.82) is 0 Å². The second kappa shape index (κ2) is 6.39. The molecule has 0 unspecified atom stereocenters. The molecule has 0 saturated heterocycles. The third-order valence-corrected chi connectivity index (χ3v) is 3.47. The first-order chi connectivity index (χ1) is 12.4. The van der Waals surface area contributed by atoms with Crippen molar-refractivity contribution in [3.63, 3.8) is 0 Å². The Morgan fingerprint density at radius 2 is 1.46 bits per heavy atom. The number of ether oxygens (including phenoxy) is 1. The van der Waals surface area contributed by atoms with Gasteiger partial charge < -0.3 is 4.74 Å². The maximum Gasteiger partial charge on any atom is 0.325 e. The van der Waals surface area contributed by atoms with Gasteiger partial charge in [-0.2, -0.15) is 0 Å². The van der Waals surface area contributed by atoms with E-state index >= 15 is 0 Å². The lowest BCUT2D eigenvalue weighted by Crippen LogP contribution is -2.02. The van der Waals surface area contributed by atoms with E-state index in [1.807, 2.05) is 0 Å². The lowest BCUT2D eigenvalue weighted by molar-refractivity contribution is -0.404. The molecule has 0 fully saturated rings. The predicted octanol–water partition coefficient (Wildman–Crippen LogP) is 3.75. The van der Waals surface area contributed by atoms with Gasteiger partial charge in [0.2, 0.25) is 5.88 Å². The molecule has 3 aromatic rings. The topological polar surface area (TPSA) is 152 Å². The summed E-state index contributed by atoms with van der Waals surface area (Å²) in [5.41, 5.74) is -2.59. The van der Waals surface area contributed by atoms with E-state index in [1.54, 1.807) is 30.3 Å². The van der Waals surface area contributed by atoms with Crippen LogP contribution in [0, 0.1) is 30.3 Å². The number of aromatic nitrogens is 1. The molecule has 2 aromatic carbocycles. The zero-order chi connectivity index (χ0) is 18.8. The van der Waals surface area contributed by atoms with Gasteiger partial charge in [-0.1, -0.05) is 18.2 Å². The predicted molar refractivity (Wildman–Crippen MR) is 88.2 cm³/mol. The molecular formula is C15H8N4O7. The molecule has 0 spiro atoms.